The molecule has 3 N–H and O–H groups in total. The standard InChI is InChI=1S/C6H8N2OS/c7-6(9)3-5-1-2-10-8-4-5/h1-2,4,8H,3H2,(H2,7,9). The Bertz CT molecular complexity index is 198. The maximum atomic E-state index is 10.4. The first-order valence-corrected chi connectivity index (χ1v) is 3.72. The van der Waals surface area contributed by atoms with Crippen LogP contribution in [0.3, 0.4) is 0 Å². The molecule has 3 nitrogen and oxygen atoms in total. The van der Waals surface area contributed by atoms with Gasteiger partial charge in [0.2, 0.25) is 5.91 Å². The molecule has 0 aromatic carbocycles. The molecule has 0 aliphatic carbocycles. The summed E-state index contributed by atoms with van der Waals surface area (Å²) in [6.45, 7) is 0. The van der Waals surface area contributed by atoms with Crippen molar-refractivity contribution in [3.63, 3.8) is 0 Å². The molecule has 0 aromatic heterocycles. The average molecular weight is 156 g/mol. The van der Waals surface area contributed by atoms with E-state index in [9.17, 15) is 4.79 Å². The second-order valence-corrected chi connectivity index (χ2v) is 2.64. The largest absolute Gasteiger partial charge is 0.369 e. The Labute approximate surface area is 63.5 Å². The normalized spacial score (nSPS) is 15.8. The highest BCUT2D eigenvalue weighted by Crippen LogP contribution is 2.11. The first-order chi connectivity index (χ1) is 4.79. The van der Waals surface area contributed by atoms with Crippen LogP contribution in [0.4, 0.5) is 0 Å². The van der Waals surface area contributed by atoms with Gasteiger partial charge in [0.05, 0.1) is 6.42 Å². The fourth-order valence-electron chi connectivity index (χ4n) is 0.630. The highest BCUT2D eigenvalue weighted by molar-refractivity contribution is 8.00. The summed E-state index contributed by atoms with van der Waals surface area (Å²) in [6, 6.07) is 0. The van der Waals surface area contributed by atoms with Crippen LogP contribution in [-0.2, 0) is 4.79 Å². The van der Waals surface area contributed by atoms with Crippen molar-refractivity contribution in [2.75, 3.05) is 0 Å². The van der Waals surface area contributed by atoms with Gasteiger partial charge < -0.3 is 10.5 Å². The van der Waals surface area contributed by atoms with Gasteiger partial charge in [0.15, 0.2) is 0 Å². The number of carbonyl (C=O) groups excluding carboxylic acids is 1. The summed E-state index contributed by atoms with van der Waals surface area (Å²) in [5.41, 5.74) is 5.90. The lowest BCUT2D eigenvalue weighted by molar-refractivity contribution is -0.117. The lowest BCUT2D eigenvalue weighted by Gasteiger charge is -2.04. The van der Waals surface area contributed by atoms with Gasteiger partial charge in [-0.3, -0.25) is 4.79 Å². The molecule has 4 heteroatoms. The molecule has 0 unspecified atom stereocenters. The van der Waals surface area contributed by atoms with Crippen molar-refractivity contribution in [3.05, 3.63) is 23.3 Å². The van der Waals surface area contributed by atoms with Crippen LogP contribution in [0.1, 0.15) is 6.42 Å². The molecule has 0 saturated carbocycles. The molecule has 0 radical (unpaired) electrons. The summed E-state index contributed by atoms with van der Waals surface area (Å²) < 4.78 is 2.90. The number of carbonyl (C=O) groups is 1. The van der Waals surface area contributed by atoms with Gasteiger partial charge in [-0.25, -0.2) is 0 Å². The number of primary amides is 1. The van der Waals surface area contributed by atoms with Gasteiger partial charge in [0.25, 0.3) is 0 Å². The smallest absolute Gasteiger partial charge is 0.221 e. The fraction of sp³-hybridized carbons (Fsp3) is 0.167. The van der Waals surface area contributed by atoms with Crippen LogP contribution in [0.2, 0.25) is 0 Å². The first kappa shape index (κ1) is 7.21. The predicted octanol–water partition coefficient (Wildman–Crippen LogP) is 0.511. The SMILES string of the molecule is NC(=O)CC1=CNSC=C1. The third-order valence-corrected chi connectivity index (χ3v) is 1.57. The molecule has 1 rings (SSSR count). The number of rotatable bonds is 2. The lowest BCUT2D eigenvalue weighted by Crippen LogP contribution is -2.12. The van der Waals surface area contributed by atoms with E-state index in [4.69, 9.17) is 5.73 Å². The van der Waals surface area contributed by atoms with Crippen molar-refractivity contribution in [2.45, 2.75) is 6.42 Å². The van der Waals surface area contributed by atoms with Gasteiger partial charge in [-0.2, -0.15) is 0 Å². The summed E-state index contributed by atoms with van der Waals surface area (Å²) in [7, 11) is 0. The highest BCUT2D eigenvalue weighted by atomic mass is 32.2. The molecule has 0 bridgehead atoms. The van der Waals surface area contributed by atoms with Crippen molar-refractivity contribution in [1.82, 2.24) is 4.72 Å². The summed E-state index contributed by atoms with van der Waals surface area (Å²) in [5.74, 6) is -0.301. The molecule has 0 atom stereocenters. The Morgan fingerprint density at radius 3 is 3.10 bits per heavy atom. The zero-order chi connectivity index (χ0) is 7.40. The number of allylic oxidation sites excluding steroid dienone is 1. The maximum absolute atomic E-state index is 10.4. The van der Waals surface area contributed by atoms with Crippen LogP contribution in [0, 0.1) is 0 Å². The van der Waals surface area contributed by atoms with Crippen molar-refractivity contribution in [1.29, 1.82) is 0 Å². The minimum Gasteiger partial charge on any atom is -0.369 e. The summed E-state index contributed by atoms with van der Waals surface area (Å²) in [4.78, 5) is 10.4. The van der Waals surface area contributed by atoms with E-state index >= 15 is 0 Å². The minimum atomic E-state index is -0.301. The average Bonchev–Trinajstić information content (AvgIpc) is 1.88. The number of nitrogens with one attached hydrogen (secondary N) is 1. The zero-order valence-electron chi connectivity index (χ0n) is 5.33. The Morgan fingerprint density at radius 2 is 2.60 bits per heavy atom. The van der Waals surface area contributed by atoms with E-state index in [1.54, 1.807) is 6.20 Å². The molecule has 1 aliphatic rings. The van der Waals surface area contributed by atoms with E-state index < -0.39 is 0 Å². The van der Waals surface area contributed by atoms with Gasteiger partial charge >= 0.3 is 0 Å². The third-order valence-electron chi connectivity index (χ3n) is 1.04. The number of nitrogens with two attached hydrogens (primary N) is 1. The topological polar surface area (TPSA) is 55.1 Å². The summed E-state index contributed by atoms with van der Waals surface area (Å²) >= 11 is 1.47. The van der Waals surface area contributed by atoms with Gasteiger partial charge in [0.1, 0.15) is 0 Å². The first-order valence-electron chi connectivity index (χ1n) is 2.84. The van der Waals surface area contributed by atoms with E-state index in [0.717, 1.165) is 5.57 Å². The predicted molar refractivity (Wildman–Crippen MR) is 41.8 cm³/mol. The van der Waals surface area contributed by atoms with E-state index in [1.165, 1.54) is 11.9 Å². The van der Waals surface area contributed by atoms with Crippen LogP contribution in [0.15, 0.2) is 23.3 Å². The molecular formula is C6H8N2OS. The summed E-state index contributed by atoms with van der Waals surface area (Å²) in [6.07, 6.45) is 3.95. The molecule has 1 amide bonds. The highest BCUT2D eigenvalue weighted by Gasteiger charge is 2.00. The van der Waals surface area contributed by atoms with E-state index in [0.29, 0.717) is 6.42 Å². The molecule has 54 valence electrons. The van der Waals surface area contributed by atoms with Crippen LogP contribution < -0.4 is 10.5 Å². The van der Waals surface area contributed by atoms with Crippen molar-refractivity contribution in [2.24, 2.45) is 5.73 Å². The molecule has 0 spiro atoms. The molecule has 1 aliphatic heterocycles. The molecule has 0 fully saturated rings. The maximum Gasteiger partial charge on any atom is 0.221 e. The van der Waals surface area contributed by atoms with Crippen LogP contribution in [0.5, 0.6) is 0 Å². The van der Waals surface area contributed by atoms with Gasteiger partial charge in [-0.1, -0.05) is 0 Å². The van der Waals surface area contributed by atoms with Crippen LogP contribution in [0.25, 0.3) is 0 Å². The Morgan fingerprint density at radius 1 is 1.80 bits per heavy atom. The quantitative estimate of drug-likeness (QED) is 0.573. The minimum absolute atomic E-state index is 0.301. The Balaban J connectivity index is 2.48. The number of amides is 1. The summed E-state index contributed by atoms with van der Waals surface area (Å²) in [5, 5.41) is 1.87. The monoisotopic (exact) mass is 156 g/mol. The third kappa shape index (κ3) is 2.14. The zero-order valence-corrected chi connectivity index (χ0v) is 6.15. The number of hydrogen-bond donors (Lipinski definition) is 2. The molecule has 1 heterocycles. The second kappa shape index (κ2) is 3.31. The van der Waals surface area contributed by atoms with Crippen LogP contribution in [-0.4, -0.2) is 5.91 Å². The van der Waals surface area contributed by atoms with Crippen molar-refractivity contribution >= 4 is 17.9 Å². The van der Waals surface area contributed by atoms with Crippen molar-refractivity contribution in [3.8, 4) is 0 Å². The molecular weight excluding hydrogens is 148 g/mol. The molecule has 0 aromatic rings. The molecule has 0 saturated heterocycles. The lowest BCUT2D eigenvalue weighted by atomic mass is 10.2. The fourth-order valence-corrected chi connectivity index (χ4v) is 1.17. The second-order valence-electron chi connectivity index (χ2n) is 1.90. The van der Waals surface area contributed by atoms with Crippen molar-refractivity contribution < 1.29 is 4.79 Å². The van der Waals surface area contributed by atoms with E-state index in [1.807, 2.05) is 11.5 Å². The Kier molecular flexibility index (Phi) is 2.39. The Hall–Kier alpha value is -0.900. The number of hydrogen-bond acceptors (Lipinski definition) is 3. The van der Waals surface area contributed by atoms with Gasteiger partial charge in [0, 0.05) is 6.20 Å². The van der Waals surface area contributed by atoms with E-state index in [-0.39, 0.29) is 5.91 Å². The molecule has 10 heavy (non-hydrogen) atoms. The van der Waals surface area contributed by atoms with E-state index in [2.05, 4.69) is 4.72 Å². The van der Waals surface area contributed by atoms with Crippen LogP contribution >= 0.6 is 11.9 Å². The van der Waals surface area contributed by atoms with Gasteiger partial charge in [-0.15, -0.1) is 0 Å². The van der Waals surface area contributed by atoms with Gasteiger partial charge in [-0.05, 0) is 29.0 Å².